The minimum Gasteiger partial charge on any atom is -0.497 e. The van der Waals surface area contributed by atoms with Crippen molar-refractivity contribution in [2.75, 3.05) is 20.7 Å². The average molecular weight is 249 g/mol. The number of hydrogen-bond donors (Lipinski definition) is 3. The molecular weight excluding hydrogens is 230 g/mol. The second-order valence-corrected chi connectivity index (χ2v) is 3.72. The number of benzene rings is 1. The van der Waals surface area contributed by atoms with Gasteiger partial charge in [0.2, 0.25) is 0 Å². The number of rotatable bonds is 6. The molecule has 5 nitrogen and oxygen atoms in total. The van der Waals surface area contributed by atoms with Crippen molar-refractivity contribution >= 4 is 12.0 Å². The first-order chi connectivity index (χ1) is 8.72. The molecule has 0 heterocycles. The van der Waals surface area contributed by atoms with E-state index in [0.29, 0.717) is 11.3 Å². The predicted octanol–water partition coefficient (Wildman–Crippen LogP) is 0.921. The van der Waals surface area contributed by atoms with Crippen molar-refractivity contribution in [2.24, 2.45) is 5.84 Å². The molecule has 0 bridgehead atoms. The molecule has 5 heteroatoms. The maximum Gasteiger partial charge on any atom is 0.265 e. The number of nitrogen functional groups attached to an aromatic ring is 1. The first-order valence-corrected chi connectivity index (χ1v) is 5.73. The molecule has 0 fully saturated rings. The molecule has 0 saturated heterocycles. The van der Waals surface area contributed by atoms with E-state index in [2.05, 4.69) is 10.7 Å². The summed E-state index contributed by atoms with van der Waals surface area (Å²) in [4.78, 5) is 11.7. The van der Waals surface area contributed by atoms with Gasteiger partial charge in [0.15, 0.2) is 0 Å². The third-order valence-electron chi connectivity index (χ3n) is 2.49. The van der Waals surface area contributed by atoms with Crippen LogP contribution in [0.1, 0.15) is 22.3 Å². The molecule has 1 aromatic rings. The maximum absolute atomic E-state index is 11.7. The summed E-state index contributed by atoms with van der Waals surface area (Å²) in [5.41, 5.74) is 3.45. The van der Waals surface area contributed by atoms with Crippen molar-refractivity contribution in [1.29, 1.82) is 0 Å². The minimum atomic E-state index is -0.331. The van der Waals surface area contributed by atoms with E-state index in [1.807, 2.05) is 31.3 Å². The normalized spacial score (nSPS) is 10.6. The van der Waals surface area contributed by atoms with E-state index in [4.69, 9.17) is 10.6 Å². The van der Waals surface area contributed by atoms with Crippen molar-refractivity contribution in [2.45, 2.75) is 6.42 Å². The first kappa shape index (κ1) is 14.2. The molecule has 98 valence electrons. The first-order valence-electron chi connectivity index (χ1n) is 5.73. The molecule has 1 aromatic carbocycles. The molecule has 0 atom stereocenters. The molecule has 1 rings (SSSR count). The Kier molecular flexibility index (Phi) is 5.90. The van der Waals surface area contributed by atoms with E-state index in [1.165, 1.54) is 0 Å². The van der Waals surface area contributed by atoms with Gasteiger partial charge in [0.25, 0.3) is 5.91 Å². The highest BCUT2D eigenvalue weighted by atomic mass is 16.5. The quantitative estimate of drug-likeness (QED) is 0.303. The number of nitrogens with two attached hydrogens (primary N) is 1. The zero-order chi connectivity index (χ0) is 13.4. The standard InChI is InChI=1S/C13H19N3O2/c1-15-8-4-3-5-10-6-7-11(18-2)9-12(10)13(17)16-14/h3,5-7,9,15H,4,8,14H2,1-2H3,(H,16,17). The highest BCUT2D eigenvalue weighted by Gasteiger charge is 2.09. The lowest BCUT2D eigenvalue weighted by Crippen LogP contribution is -2.30. The molecule has 18 heavy (non-hydrogen) atoms. The van der Waals surface area contributed by atoms with Crippen LogP contribution in [0.25, 0.3) is 6.08 Å². The third kappa shape index (κ3) is 3.87. The molecule has 0 aromatic heterocycles. The summed E-state index contributed by atoms with van der Waals surface area (Å²) in [5, 5.41) is 3.05. The van der Waals surface area contributed by atoms with Crippen LogP contribution in [0, 0.1) is 0 Å². The molecule has 0 aliphatic heterocycles. The molecule has 1 amide bonds. The number of hydrazine groups is 1. The maximum atomic E-state index is 11.7. The van der Waals surface area contributed by atoms with Gasteiger partial charge in [-0.05, 0) is 37.7 Å². The van der Waals surface area contributed by atoms with Gasteiger partial charge in [-0.25, -0.2) is 5.84 Å². The van der Waals surface area contributed by atoms with Crippen LogP contribution in [-0.4, -0.2) is 26.6 Å². The van der Waals surface area contributed by atoms with Crippen LogP contribution < -0.4 is 21.3 Å². The highest BCUT2D eigenvalue weighted by molar-refractivity contribution is 5.97. The fraction of sp³-hybridized carbons (Fsp3) is 0.308. The van der Waals surface area contributed by atoms with Crippen molar-refractivity contribution < 1.29 is 9.53 Å². The Morgan fingerprint density at radius 3 is 2.89 bits per heavy atom. The number of amides is 1. The van der Waals surface area contributed by atoms with Crippen LogP contribution in [0.4, 0.5) is 0 Å². The summed E-state index contributed by atoms with van der Waals surface area (Å²) in [5.74, 6) is 5.46. The van der Waals surface area contributed by atoms with Crippen LogP contribution in [0.2, 0.25) is 0 Å². The van der Waals surface area contributed by atoms with E-state index in [1.54, 1.807) is 13.2 Å². The van der Waals surface area contributed by atoms with E-state index in [0.717, 1.165) is 18.5 Å². The van der Waals surface area contributed by atoms with E-state index >= 15 is 0 Å². The van der Waals surface area contributed by atoms with Crippen molar-refractivity contribution in [1.82, 2.24) is 10.7 Å². The van der Waals surface area contributed by atoms with Gasteiger partial charge in [0.1, 0.15) is 5.75 Å². The zero-order valence-corrected chi connectivity index (χ0v) is 10.7. The average Bonchev–Trinajstić information content (AvgIpc) is 2.42. The molecule has 0 radical (unpaired) electrons. The number of carbonyl (C=O) groups excluding carboxylic acids is 1. The van der Waals surface area contributed by atoms with Crippen LogP contribution >= 0.6 is 0 Å². The van der Waals surface area contributed by atoms with E-state index in [-0.39, 0.29) is 5.91 Å². The third-order valence-corrected chi connectivity index (χ3v) is 2.49. The van der Waals surface area contributed by atoms with Crippen LogP contribution in [0.15, 0.2) is 24.3 Å². The topological polar surface area (TPSA) is 76.4 Å². The van der Waals surface area contributed by atoms with Gasteiger partial charge in [0.05, 0.1) is 12.7 Å². The Hall–Kier alpha value is -1.85. The summed E-state index contributed by atoms with van der Waals surface area (Å²) >= 11 is 0. The lowest BCUT2D eigenvalue weighted by molar-refractivity contribution is 0.0953. The minimum absolute atomic E-state index is 0.331. The van der Waals surface area contributed by atoms with Crippen molar-refractivity contribution in [3.63, 3.8) is 0 Å². The Morgan fingerprint density at radius 2 is 2.28 bits per heavy atom. The zero-order valence-electron chi connectivity index (χ0n) is 10.7. The van der Waals surface area contributed by atoms with Gasteiger partial charge in [-0.15, -0.1) is 0 Å². The highest BCUT2D eigenvalue weighted by Crippen LogP contribution is 2.19. The molecule has 0 spiro atoms. The second kappa shape index (κ2) is 7.47. The van der Waals surface area contributed by atoms with Crippen LogP contribution in [0.5, 0.6) is 5.75 Å². The molecule has 0 unspecified atom stereocenters. The second-order valence-electron chi connectivity index (χ2n) is 3.72. The monoisotopic (exact) mass is 249 g/mol. The fourth-order valence-corrected chi connectivity index (χ4v) is 1.52. The summed E-state index contributed by atoms with van der Waals surface area (Å²) in [6.45, 7) is 0.894. The van der Waals surface area contributed by atoms with Crippen LogP contribution in [-0.2, 0) is 0 Å². The van der Waals surface area contributed by atoms with Gasteiger partial charge in [-0.1, -0.05) is 18.2 Å². The Labute approximate surface area is 107 Å². The van der Waals surface area contributed by atoms with Gasteiger partial charge in [-0.2, -0.15) is 0 Å². The van der Waals surface area contributed by atoms with Gasteiger partial charge >= 0.3 is 0 Å². The van der Waals surface area contributed by atoms with Crippen molar-refractivity contribution in [3.05, 3.63) is 35.4 Å². The largest absolute Gasteiger partial charge is 0.497 e. The molecule has 4 N–H and O–H groups in total. The molecular formula is C13H19N3O2. The Morgan fingerprint density at radius 1 is 1.50 bits per heavy atom. The van der Waals surface area contributed by atoms with Gasteiger partial charge in [-0.3, -0.25) is 10.2 Å². The SMILES string of the molecule is CNCCC=Cc1ccc(OC)cc1C(=O)NN. The number of methoxy groups -OCH3 is 1. The Balaban J connectivity index is 2.95. The van der Waals surface area contributed by atoms with Gasteiger partial charge < -0.3 is 10.1 Å². The van der Waals surface area contributed by atoms with Gasteiger partial charge in [0, 0.05) is 0 Å². The number of ether oxygens (including phenoxy) is 1. The summed E-state index contributed by atoms with van der Waals surface area (Å²) in [6, 6.07) is 5.31. The molecule has 0 aliphatic rings. The lowest BCUT2D eigenvalue weighted by atomic mass is 10.1. The molecule has 0 aliphatic carbocycles. The number of hydrogen-bond acceptors (Lipinski definition) is 4. The van der Waals surface area contributed by atoms with E-state index in [9.17, 15) is 4.79 Å². The van der Waals surface area contributed by atoms with E-state index < -0.39 is 0 Å². The fourth-order valence-electron chi connectivity index (χ4n) is 1.52. The smallest absolute Gasteiger partial charge is 0.265 e. The Bertz CT molecular complexity index is 430. The number of carbonyl (C=O) groups is 1. The predicted molar refractivity (Wildman–Crippen MR) is 72.2 cm³/mol. The summed E-state index contributed by atoms with van der Waals surface area (Å²) < 4.78 is 5.09. The number of nitrogens with one attached hydrogen (secondary N) is 2. The van der Waals surface area contributed by atoms with Crippen molar-refractivity contribution in [3.8, 4) is 5.75 Å². The lowest BCUT2D eigenvalue weighted by Gasteiger charge is -2.07. The molecule has 0 saturated carbocycles. The summed E-state index contributed by atoms with van der Waals surface area (Å²) in [6.07, 6.45) is 4.80. The van der Waals surface area contributed by atoms with Crippen LogP contribution in [0.3, 0.4) is 0 Å². The summed E-state index contributed by atoms with van der Waals surface area (Å²) in [7, 11) is 3.45.